The molecule has 0 N–H and O–H groups in total. The van der Waals surface area contributed by atoms with Crippen LogP contribution >= 0.6 is 11.3 Å². The normalized spacial score (nSPS) is 18.1. The van der Waals surface area contributed by atoms with E-state index in [9.17, 15) is 9.59 Å². The zero-order chi connectivity index (χ0) is 17.1. The molecule has 2 aromatic rings. The fourth-order valence-corrected chi connectivity index (χ4v) is 3.69. The van der Waals surface area contributed by atoms with Crippen molar-refractivity contribution < 1.29 is 14.3 Å². The van der Waals surface area contributed by atoms with Crippen LogP contribution < -0.4 is 0 Å². The first-order valence-corrected chi connectivity index (χ1v) is 9.08. The highest BCUT2D eigenvalue weighted by Crippen LogP contribution is 2.21. The zero-order valence-corrected chi connectivity index (χ0v) is 14.8. The van der Waals surface area contributed by atoms with E-state index in [1.807, 2.05) is 54.3 Å². The van der Waals surface area contributed by atoms with Crippen LogP contribution in [0.4, 0.5) is 0 Å². The van der Waals surface area contributed by atoms with Crippen molar-refractivity contribution in [3.63, 3.8) is 0 Å². The Balaban J connectivity index is 1.78. The number of hydrogen-bond donors (Lipinski definition) is 0. The van der Waals surface area contributed by atoms with Gasteiger partial charge in [0.2, 0.25) is 0 Å². The van der Waals surface area contributed by atoms with Gasteiger partial charge in [-0.25, -0.2) is 0 Å². The maximum atomic E-state index is 13.0. The highest BCUT2D eigenvalue weighted by atomic mass is 32.1. The molecular weight excluding hydrogens is 324 g/mol. The highest BCUT2D eigenvalue weighted by molar-refractivity contribution is 7.12. The van der Waals surface area contributed by atoms with E-state index in [2.05, 4.69) is 0 Å². The number of rotatable bonds is 5. The number of Topliss-reactive ketones (excluding diaryl/α,β-unsaturated/α-hetero) is 1. The standard InChI is InChI=1S/C18H22N2O3S/c1-13(2)19-7-3-5-15(19)18(22)20-8-9-23-12-14(20)11-16(21)17-6-4-10-24-17/h3-7,10,13-14H,8-9,11-12H2,1-2H3. The van der Waals surface area contributed by atoms with Crippen molar-refractivity contribution in [3.8, 4) is 0 Å². The molecule has 0 aliphatic carbocycles. The largest absolute Gasteiger partial charge is 0.377 e. The number of aromatic nitrogens is 1. The van der Waals surface area contributed by atoms with Crippen molar-refractivity contribution in [3.05, 3.63) is 46.4 Å². The van der Waals surface area contributed by atoms with Gasteiger partial charge in [0.25, 0.3) is 5.91 Å². The summed E-state index contributed by atoms with van der Waals surface area (Å²) in [6.45, 7) is 5.54. The first-order chi connectivity index (χ1) is 11.6. The molecule has 3 heterocycles. The van der Waals surface area contributed by atoms with E-state index < -0.39 is 0 Å². The number of carbonyl (C=O) groups is 2. The van der Waals surface area contributed by atoms with Gasteiger partial charge in [-0.1, -0.05) is 6.07 Å². The lowest BCUT2D eigenvalue weighted by atomic mass is 10.1. The average Bonchev–Trinajstić information content (AvgIpc) is 3.26. The number of ether oxygens (including phenoxy) is 1. The Hall–Kier alpha value is -1.92. The summed E-state index contributed by atoms with van der Waals surface area (Å²) in [6, 6.07) is 7.43. The van der Waals surface area contributed by atoms with E-state index in [4.69, 9.17) is 4.74 Å². The first kappa shape index (κ1) is 16.9. The predicted molar refractivity (Wildman–Crippen MR) is 93.7 cm³/mol. The summed E-state index contributed by atoms with van der Waals surface area (Å²) < 4.78 is 7.49. The molecule has 24 heavy (non-hydrogen) atoms. The molecule has 1 aliphatic heterocycles. The molecule has 5 nitrogen and oxygen atoms in total. The summed E-state index contributed by atoms with van der Waals surface area (Å²) in [5.74, 6) is 0.0403. The molecular formula is C18H22N2O3S. The summed E-state index contributed by atoms with van der Waals surface area (Å²) >= 11 is 1.44. The first-order valence-electron chi connectivity index (χ1n) is 8.20. The van der Waals surface area contributed by atoms with Crippen molar-refractivity contribution in [1.82, 2.24) is 9.47 Å². The second kappa shape index (κ2) is 7.32. The van der Waals surface area contributed by atoms with Gasteiger partial charge in [0.15, 0.2) is 5.78 Å². The lowest BCUT2D eigenvalue weighted by Crippen LogP contribution is -2.50. The van der Waals surface area contributed by atoms with Crippen LogP contribution in [0.3, 0.4) is 0 Å². The van der Waals surface area contributed by atoms with Crippen LogP contribution in [-0.2, 0) is 4.74 Å². The van der Waals surface area contributed by atoms with Gasteiger partial charge in [-0.2, -0.15) is 0 Å². The van der Waals surface area contributed by atoms with E-state index in [1.165, 1.54) is 11.3 Å². The minimum absolute atomic E-state index is 0.0269. The van der Waals surface area contributed by atoms with Crippen molar-refractivity contribution in [2.75, 3.05) is 19.8 Å². The van der Waals surface area contributed by atoms with Crippen molar-refractivity contribution in [2.24, 2.45) is 0 Å². The number of amides is 1. The van der Waals surface area contributed by atoms with E-state index >= 15 is 0 Å². The van der Waals surface area contributed by atoms with Crippen LogP contribution in [0.1, 0.15) is 46.5 Å². The van der Waals surface area contributed by atoms with Crippen LogP contribution in [0.25, 0.3) is 0 Å². The summed E-state index contributed by atoms with van der Waals surface area (Å²) in [5.41, 5.74) is 0.667. The topological polar surface area (TPSA) is 51.5 Å². The van der Waals surface area contributed by atoms with E-state index in [-0.39, 0.29) is 23.8 Å². The molecule has 1 unspecified atom stereocenters. The van der Waals surface area contributed by atoms with Gasteiger partial charge in [0.05, 0.1) is 24.1 Å². The monoisotopic (exact) mass is 346 g/mol. The third kappa shape index (κ3) is 3.44. The molecule has 0 bridgehead atoms. The Bertz CT molecular complexity index is 706. The molecule has 3 rings (SSSR count). The van der Waals surface area contributed by atoms with Crippen molar-refractivity contribution in [1.29, 1.82) is 0 Å². The second-order valence-corrected chi connectivity index (χ2v) is 7.17. The minimum atomic E-state index is -0.212. The molecule has 1 saturated heterocycles. The van der Waals surface area contributed by atoms with Crippen LogP contribution in [0.2, 0.25) is 0 Å². The maximum absolute atomic E-state index is 13.0. The quantitative estimate of drug-likeness (QED) is 0.781. The molecule has 1 amide bonds. The summed E-state index contributed by atoms with van der Waals surface area (Å²) in [5, 5.41) is 1.89. The van der Waals surface area contributed by atoms with Gasteiger partial charge in [-0.05, 0) is 37.4 Å². The van der Waals surface area contributed by atoms with E-state index in [0.717, 1.165) is 4.88 Å². The Morgan fingerprint density at radius 1 is 1.33 bits per heavy atom. The Labute approximate surface area is 145 Å². The minimum Gasteiger partial charge on any atom is -0.377 e. The van der Waals surface area contributed by atoms with Crippen LogP contribution in [0, 0.1) is 0 Å². The van der Waals surface area contributed by atoms with Gasteiger partial charge < -0.3 is 14.2 Å². The number of nitrogens with zero attached hydrogens (tertiary/aromatic N) is 2. The lowest BCUT2D eigenvalue weighted by Gasteiger charge is -2.35. The molecule has 6 heteroatoms. The molecule has 0 aromatic carbocycles. The van der Waals surface area contributed by atoms with Gasteiger partial charge in [0, 0.05) is 25.2 Å². The van der Waals surface area contributed by atoms with Gasteiger partial charge in [-0.3, -0.25) is 9.59 Å². The molecule has 0 radical (unpaired) electrons. The Kier molecular flexibility index (Phi) is 5.16. The Morgan fingerprint density at radius 2 is 2.17 bits per heavy atom. The fourth-order valence-electron chi connectivity index (χ4n) is 3.02. The summed E-state index contributed by atoms with van der Waals surface area (Å²) in [7, 11) is 0. The van der Waals surface area contributed by atoms with Gasteiger partial charge in [0.1, 0.15) is 5.69 Å². The van der Waals surface area contributed by atoms with Crippen LogP contribution in [0.15, 0.2) is 35.8 Å². The summed E-state index contributed by atoms with van der Waals surface area (Å²) in [6.07, 6.45) is 2.22. The van der Waals surface area contributed by atoms with E-state index in [0.29, 0.717) is 31.9 Å². The molecule has 0 spiro atoms. The van der Waals surface area contributed by atoms with Crippen LogP contribution in [0.5, 0.6) is 0 Å². The number of hydrogen-bond acceptors (Lipinski definition) is 4. The number of thiophene rings is 1. The van der Waals surface area contributed by atoms with Crippen LogP contribution in [-0.4, -0.2) is 47.0 Å². The smallest absolute Gasteiger partial charge is 0.270 e. The number of morpholine rings is 1. The molecule has 1 aliphatic rings. The fraction of sp³-hybridized carbons (Fsp3) is 0.444. The number of ketones is 1. The Morgan fingerprint density at radius 3 is 2.88 bits per heavy atom. The third-order valence-electron chi connectivity index (χ3n) is 4.26. The molecule has 128 valence electrons. The van der Waals surface area contributed by atoms with Crippen molar-refractivity contribution >= 4 is 23.0 Å². The van der Waals surface area contributed by atoms with Crippen molar-refractivity contribution in [2.45, 2.75) is 32.4 Å². The molecule has 1 fully saturated rings. The lowest BCUT2D eigenvalue weighted by molar-refractivity contribution is -0.00336. The zero-order valence-electron chi connectivity index (χ0n) is 14.0. The van der Waals surface area contributed by atoms with Gasteiger partial charge in [-0.15, -0.1) is 11.3 Å². The summed E-state index contributed by atoms with van der Waals surface area (Å²) in [4.78, 5) is 28.0. The second-order valence-electron chi connectivity index (χ2n) is 6.23. The SMILES string of the molecule is CC(C)n1cccc1C(=O)N1CCOCC1CC(=O)c1cccs1. The highest BCUT2D eigenvalue weighted by Gasteiger charge is 2.31. The number of carbonyl (C=O) groups excluding carboxylic acids is 2. The predicted octanol–water partition coefficient (Wildman–Crippen LogP) is 3.24. The third-order valence-corrected chi connectivity index (χ3v) is 5.17. The average molecular weight is 346 g/mol. The maximum Gasteiger partial charge on any atom is 0.270 e. The van der Waals surface area contributed by atoms with Gasteiger partial charge >= 0.3 is 0 Å². The molecule has 2 aromatic heterocycles. The van der Waals surface area contributed by atoms with E-state index in [1.54, 1.807) is 4.90 Å². The molecule has 0 saturated carbocycles. The molecule has 1 atom stereocenters.